The number of halogens is 1. The summed E-state index contributed by atoms with van der Waals surface area (Å²) in [6.07, 6.45) is 0. The fourth-order valence-electron chi connectivity index (χ4n) is 1.49. The highest BCUT2D eigenvalue weighted by molar-refractivity contribution is 5.35. The first-order chi connectivity index (χ1) is 8.15. The molecule has 0 heterocycles. The van der Waals surface area contributed by atoms with Gasteiger partial charge >= 0.3 is 0 Å². The molecule has 0 spiro atoms. The molecule has 2 aromatic carbocycles. The van der Waals surface area contributed by atoms with Gasteiger partial charge in [-0.1, -0.05) is 12.1 Å². The van der Waals surface area contributed by atoms with Crippen molar-refractivity contribution in [3.05, 3.63) is 59.4 Å². The number of aryl methyl sites for hydroxylation is 1. The Morgan fingerprint density at radius 1 is 1.12 bits per heavy atom. The molecule has 1 N–H and O–H groups in total. The highest BCUT2D eigenvalue weighted by atomic mass is 19.1. The summed E-state index contributed by atoms with van der Waals surface area (Å²) in [7, 11) is 0. The van der Waals surface area contributed by atoms with Crippen LogP contribution in [0.2, 0.25) is 0 Å². The first kappa shape index (κ1) is 11.5. The van der Waals surface area contributed by atoms with Crippen LogP contribution in [0.1, 0.15) is 11.1 Å². The van der Waals surface area contributed by atoms with Crippen molar-refractivity contribution in [3.63, 3.8) is 0 Å². The number of benzene rings is 2. The van der Waals surface area contributed by atoms with E-state index in [4.69, 9.17) is 4.74 Å². The van der Waals surface area contributed by atoms with Gasteiger partial charge in [0, 0.05) is 5.56 Å². The van der Waals surface area contributed by atoms with E-state index in [1.54, 1.807) is 18.2 Å². The van der Waals surface area contributed by atoms with Crippen LogP contribution in [-0.4, -0.2) is 5.11 Å². The molecule has 0 atom stereocenters. The maximum Gasteiger partial charge on any atom is 0.123 e. The summed E-state index contributed by atoms with van der Waals surface area (Å²) < 4.78 is 18.1. The summed E-state index contributed by atoms with van der Waals surface area (Å²) in [6.45, 7) is 2.17. The number of rotatable bonds is 3. The summed E-state index contributed by atoms with van der Waals surface area (Å²) in [4.78, 5) is 0. The molecule has 0 aliphatic rings. The molecule has 0 aromatic heterocycles. The minimum Gasteiger partial charge on any atom is -0.508 e. The zero-order valence-corrected chi connectivity index (χ0v) is 9.48. The molecule has 0 radical (unpaired) electrons. The van der Waals surface area contributed by atoms with Gasteiger partial charge in [0.25, 0.3) is 0 Å². The van der Waals surface area contributed by atoms with Gasteiger partial charge in [-0.15, -0.1) is 0 Å². The average molecular weight is 232 g/mol. The van der Waals surface area contributed by atoms with Crippen LogP contribution in [0, 0.1) is 12.7 Å². The van der Waals surface area contributed by atoms with Crippen LogP contribution in [0.25, 0.3) is 0 Å². The number of phenols is 1. The van der Waals surface area contributed by atoms with Crippen LogP contribution in [0.5, 0.6) is 11.5 Å². The normalized spacial score (nSPS) is 10.2. The monoisotopic (exact) mass is 232 g/mol. The Balaban J connectivity index is 2.04. The van der Waals surface area contributed by atoms with Gasteiger partial charge in [0.1, 0.15) is 23.9 Å². The van der Waals surface area contributed by atoms with E-state index in [9.17, 15) is 9.50 Å². The van der Waals surface area contributed by atoms with E-state index in [-0.39, 0.29) is 18.2 Å². The Hall–Kier alpha value is -2.03. The maximum atomic E-state index is 12.7. The summed E-state index contributed by atoms with van der Waals surface area (Å²) in [5, 5.41) is 9.67. The molecule has 0 aliphatic carbocycles. The molecule has 88 valence electrons. The van der Waals surface area contributed by atoms with Gasteiger partial charge in [-0.05, 0) is 42.8 Å². The van der Waals surface area contributed by atoms with Gasteiger partial charge in [0.05, 0.1) is 0 Å². The Kier molecular flexibility index (Phi) is 3.28. The van der Waals surface area contributed by atoms with Crippen LogP contribution in [-0.2, 0) is 6.61 Å². The fraction of sp³-hybridized carbons (Fsp3) is 0.143. The smallest absolute Gasteiger partial charge is 0.123 e. The molecule has 2 rings (SSSR count). The van der Waals surface area contributed by atoms with Crippen molar-refractivity contribution in [1.29, 1.82) is 0 Å². The molecule has 0 fully saturated rings. The van der Waals surface area contributed by atoms with Crippen molar-refractivity contribution in [3.8, 4) is 11.5 Å². The molecular formula is C14H13FO2. The molecule has 0 aliphatic heterocycles. The Morgan fingerprint density at radius 2 is 1.82 bits per heavy atom. The van der Waals surface area contributed by atoms with Crippen molar-refractivity contribution in [1.82, 2.24) is 0 Å². The lowest BCUT2D eigenvalue weighted by Crippen LogP contribution is -1.96. The third kappa shape index (κ3) is 2.97. The zero-order valence-electron chi connectivity index (χ0n) is 9.48. The summed E-state index contributed by atoms with van der Waals surface area (Å²) >= 11 is 0. The van der Waals surface area contributed by atoms with E-state index in [1.165, 1.54) is 12.1 Å². The third-order valence-electron chi connectivity index (χ3n) is 2.45. The standard InChI is InChI=1S/C14H13FO2/c1-10-2-3-11(14(16)8-10)9-17-13-6-4-12(15)5-7-13/h2-8,16H,9H2,1H3. The lowest BCUT2D eigenvalue weighted by Gasteiger charge is -2.08. The topological polar surface area (TPSA) is 29.5 Å². The SMILES string of the molecule is Cc1ccc(COc2ccc(F)cc2)c(O)c1. The summed E-state index contributed by atoms with van der Waals surface area (Å²) in [5.74, 6) is 0.494. The Labute approximate surface area is 99.3 Å². The van der Waals surface area contributed by atoms with Crippen LogP contribution >= 0.6 is 0 Å². The second-order valence-corrected chi connectivity index (χ2v) is 3.87. The lowest BCUT2D eigenvalue weighted by molar-refractivity contribution is 0.298. The highest BCUT2D eigenvalue weighted by Gasteiger charge is 2.02. The van der Waals surface area contributed by atoms with Crippen molar-refractivity contribution >= 4 is 0 Å². The number of hydrogen-bond acceptors (Lipinski definition) is 2. The highest BCUT2D eigenvalue weighted by Crippen LogP contribution is 2.21. The lowest BCUT2D eigenvalue weighted by atomic mass is 10.1. The minimum atomic E-state index is -0.296. The van der Waals surface area contributed by atoms with E-state index in [0.717, 1.165) is 5.56 Å². The first-order valence-corrected chi connectivity index (χ1v) is 5.32. The molecular weight excluding hydrogens is 219 g/mol. The molecule has 2 aromatic rings. The number of ether oxygens (including phenoxy) is 1. The second kappa shape index (κ2) is 4.87. The largest absolute Gasteiger partial charge is 0.508 e. The van der Waals surface area contributed by atoms with Gasteiger partial charge in [-0.25, -0.2) is 4.39 Å². The van der Waals surface area contributed by atoms with E-state index >= 15 is 0 Å². The number of hydrogen-bond donors (Lipinski definition) is 1. The number of aromatic hydroxyl groups is 1. The fourth-order valence-corrected chi connectivity index (χ4v) is 1.49. The predicted molar refractivity (Wildman–Crippen MR) is 63.6 cm³/mol. The molecule has 0 amide bonds. The van der Waals surface area contributed by atoms with Crippen molar-refractivity contribution in [2.24, 2.45) is 0 Å². The van der Waals surface area contributed by atoms with Crippen molar-refractivity contribution in [2.75, 3.05) is 0 Å². The van der Waals surface area contributed by atoms with Gasteiger partial charge in [-0.2, -0.15) is 0 Å². The van der Waals surface area contributed by atoms with E-state index in [0.29, 0.717) is 11.3 Å². The van der Waals surface area contributed by atoms with Crippen molar-refractivity contribution < 1.29 is 14.2 Å². The summed E-state index contributed by atoms with van der Waals surface area (Å²) in [5.41, 5.74) is 1.70. The molecule has 17 heavy (non-hydrogen) atoms. The molecule has 0 saturated heterocycles. The predicted octanol–water partition coefficient (Wildman–Crippen LogP) is 3.42. The molecule has 0 bridgehead atoms. The van der Waals surface area contributed by atoms with E-state index in [1.807, 2.05) is 19.1 Å². The van der Waals surface area contributed by atoms with Crippen molar-refractivity contribution in [2.45, 2.75) is 13.5 Å². The zero-order chi connectivity index (χ0) is 12.3. The minimum absolute atomic E-state index is 0.215. The Morgan fingerprint density at radius 3 is 2.47 bits per heavy atom. The van der Waals surface area contributed by atoms with Gasteiger partial charge in [0.15, 0.2) is 0 Å². The van der Waals surface area contributed by atoms with Gasteiger partial charge in [0.2, 0.25) is 0 Å². The van der Waals surface area contributed by atoms with E-state index < -0.39 is 0 Å². The molecule has 0 unspecified atom stereocenters. The molecule has 0 saturated carbocycles. The third-order valence-corrected chi connectivity index (χ3v) is 2.45. The van der Waals surface area contributed by atoms with E-state index in [2.05, 4.69) is 0 Å². The van der Waals surface area contributed by atoms with Gasteiger partial charge < -0.3 is 9.84 Å². The van der Waals surface area contributed by atoms with Crippen LogP contribution in [0.15, 0.2) is 42.5 Å². The first-order valence-electron chi connectivity index (χ1n) is 5.32. The quantitative estimate of drug-likeness (QED) is 0.878. The van der Waals surface area contributed by atoms with Gasteiger partial charge in [-0.3, -0.25) is 0 Å². The maximum absolute atomic E-state index is 12.7. The van der Waals surface area contributed by atoms with Crippen LogP contribution in [0.3, 0.4) is 0 Å². The van der Waals surface area contributed by atoms with Crippen LogP contribution in [0.4, 0.5) is 4.39 Å². The summed E-state index contributed by atoms with van der Waals surface area (Å²) in [6, 6.07) is 11.2. The van der Waals surface area contributed by atoms with Crippen LogP contribution < -0.4 is 4.74 Å². The Bertz CT molecular complexity index is 506. The molecule has 3 heteroatoms. The number of phenolic OH excluding ortho intramolecular Hbond substituents is 1. The molecule has 2 nitrogen and oxygen atoms in total. The second-order valence-electron chi connectivity index (χ2n) is 3.87. The average Bonchev–Trinajstić information content (AvgIpc) is 2.30.